The lowest BCUT2D eigenvalue weighted by Gasteiger charge is -2.21. The van der Waals surface area contributed by atoms with Crippen LogP contribution in [0.5, 0.6) is 0 Å². The number of carboxylic acids is 1. The van der Waals surface area contributed by atoms with Crippen LogP contribution in [0.2, 0.25) is 5.02 Å². The van der Waals surface area contributed by atoms with Crippen molar-refractivity contribution >= 4 is 39.9 Å². The highest BCUT2D eigenvalue weighted by Crippen LogP contribution is 2.36. The SMILES string of the molecule is CCN(Cc1ccccc1)C(=O)Nc1scc(-c2ccc(Cl)cc2)c1C(=O)O. The topological polar surface area (TPSA) is 69.6 Å². The van der Waals surface area contributed by atoms with E-state index in [1.807, 2.05) is 37.3 Å². The molecule has 5 nitrogen and oxygen atoms in total. The fourth-order valence-electron chi connectivity index (χ4n) is 2.81. The van der Waals surface area contributed by atoms with Crippen LogP contribution >= 0.6 is 22.9 Å². The average molecular weight is 415 g/mol. The molecule has 0 aliphatic heterocycles. The molecule has 28 heavy (non-hydrogen) atoms. The van der Waals surface area contributed by atoms with Crippen molar-refractivity contribution in [3.8, 4) is 11.1 Å². The van der Waals surface area contributed by atoms with E-state index < -0.39 is 5.97 Å². The van der Waals surface area contributed by atoms with Crippen LogP contribution in [0.1, 0.15) is 22.8 Å². The monoisotopic (exact) mass is 414 g/mol. The van der Waals surface area contributed by atoms with E-state index in [1.54, 1.807) is 34.5 Å². The summed E-state index contributed by atoms with van der Waals surface area (Å²) in [5.74, 6) is -1.09. The van der Waals surface area contributed by atoms with Crippen LogP contribution < -0.4 is 5.32 Å². The van der Waals surface area contributed by atoms with Gasteiger partial charge in [-0.25, -0.2) is 9.59 Å². The molecule has 0 aliphatic carbocycles. The van der Waals surface area contributed by atoms with E-state index in [4.69, 9.17) is 11.6 Å². The van der Waals surface area contributed by atoms with Gasteiger partial charge >= 0.3 is 12.0 Å². The predicted octanol–water partition coefficient (Wildman–Crippen LogP) is 5.82. The Morgan fingerprint density at radius 2 is 1.79 bits per heavy atom. The zero-order valence-electron chi connectivity index (χ0n) is 15.2. The Bertz CT molecular complexity index is 971. The number of carbonyl (C=O) groups excluding carboxylic acids is 1. The van der Waals surface area contributed by atoms with Crippen molar-refractivity contribution < 1.29 is 14.7 Å². The van der Waals surface area contributed by atoms with Gasteiger partial charge in [-0.15, -0.1) is 11.3 Å². The van der Waals surface area contributed by atoms with Crippen LogP contribution in [-0.2, 0) is 6.54 Å². The number of carboxylic acid groups (broad SMARTS) is 1. The smallest absolute Gasteiger partial charge is 0.339 e. The maximum absolute atomic E-state index is 12.7. The summed E-state index contributed by atoms with van der Waals surface area (Å²) in [6.07, 6.45) is 0. The number of hydrogen-bond donors (Lipinski definition) is 2. The lowest BCUT2D eigenvalue weighted by molar-refractivity contribution is 0.0699. The molecular formula is C21H19ClN2O3S. The summed E-state index contributed by atoms with van der Waals surface area (Å²) in [6, 6.07) is 16.2. The number of anilines is 1. The maximum atomic E-state index is 12.7. The Morgan fingerprint density at radius 1 is 1.11 bits per heavy atom. The van der Waals surface area contributed by atoms with Crippen LogP contribution in [0.25, 0.3) is 11.1 Å². The molecule has 0 saturated carbocycles. The maximum Gasteiger partial charge on any atom is 0.339 e. The van der Waals surface area contributed by atoms with Gasteiger partial charge in [-0.1, -0.05) is 54.1 Å². The minimum absolute atomic E-state index is 0.0800. The molecule has 7 heteroatoms. The number of halogens is 1. The summed E-state index contributed by atoms with van der Waals surface area (Å²) in [5.41, 5.74) is 2.37. The summed E-state index contributed by atoms with van der Waals surface area (Å²) >= 11 is 7.11. The van der Waals surface area contributed by atoms with Gasteiger partial charge in [0.2, 0.25) is 0 Å². The minimum Gasteiger partial charge on any atom is -0.478 e. The molecule has 3 rings (SSSR count). The summed E-state index contributed by atoms with van der Waals surface area (Å²) in [7, 11) is 0. The normalized spacial score (nSPS) is 10.5. The van der Waals surface area contributed by atoms with Gasteiger partial charge in [0.25, 0.3) is 0 Å². The van der Waals surface area contributed by atoms with E-state index in [0.717, 1.165) is 11.1 Å². The minimum atomic E-state index is -1.09. The molecule has 0 fully saturated rings. The van der Waals surface area contributed by atoms with Crippen molar-refractivity contribution in [3.05, 3.63) is 76.1 Å². The largest absolute Gasteiger partial charge is 0.478 e. The Labute approximate surface area is 172 Å². The van der Waals surface area contributed by atoms with Crippen molar-refractivity contribution in [1.29, 1.82) is 0 Å². The Hall–Kier alpha value is -2.83. The van der Waals surface area contributed by atoms with Crippen molar-refractivity contribution in [3.63, 3.8) is 0 Å². The van der Waals surface area contributed by atoms with Gasteiger partial charge in [0, 0.05) is 29.1 Å². The number of aromatic carboxylic acids is 1. The highest BCUT2D eigenvalue weighted by molar-refractivity contribution is 7.15. The molecule has 0 atom stereocenters. The zero-order valence-corrected chi connectivity index (χ0v) is 16.8. The molecule has 0 unspecified atom stereocenters. The first kappa shape index (κ1) is 19.9. The Morgan fingerprint density at radius 3 is 2.39 bits per heavy atom. The third-order valence-corrected chi connectivity index (χ3v) is 5.41. The Kier molecular flexibility index (Phi) is 6.34. The molecule has 0 aliphatic rings. The molecule has 3 aromatic rings. The second-order valence-corrected chi connectivity index (χ2v) is 7.41. The first-order valence-electron chi connectivity index (χ1n) is 8.70. The van der Waals surface area contributed by atoms with Gasteiger partial charge in [0.05, 0.1) is 0 Å². The molecule has 0 saturated heterocycles. The first-order valence-corrected chi connectivity index (χ1v) is 9.96. The number of nitrogens with zero attached hydrogens (tertiary/aromatic N) is 1. The van der Waals surface area contributed by atoms with Crippen LogP contribution in [0.4, 0.5) is 9.80 Å². The third kappa shape index (κ3) is 4.52. The lowest BCUT2D eigenvalue weighted by atomic mass is 10.0. The number of amides is 2. The number of benzene rings is 2. The lowest BCUT2D eigenvalue weighted by Crippen LogP contribution is -2.34. The quantitative estimate of drug-likeness (QED) is 0.533. The van der Waals surface area contributed by atoms with E-state index >= 15 is 0 Å². The van der Waals surface area contributed by atoms with Gasteiger partial charge in [-0.05, 0) is 30.2 Å². The fraction of sp³-hybridized carbons (Fsp3) is 0.143. The standard InChI is InChI=1S/C21H19ClN2O3S/c1-2-24(12-14-6-4-3-5-7-14)21(27)23-19-18(20(25)26)17(13-28-19)15-8-10-16(22)11-9-15/h3-11,13H,2,12H2,1H3,(H,23,27)(H,25,26). The number of nitrogens with one attached hydrogen (secondary N) is 1. The second kappa shape index (κ2) is 8.91. The molecule has 0 bridgehead atoms. The summed E-state index contributed by atoms with van der Waals surface area (Å²) in [5, 5.41) is 15.1. The van der Waals surface area contributed by atoms with Crippen LogP contribution in [-0.4, -0.2) is 28.6 Å². The zero-order chi connectivity index (χ0) is 20.1. The van der Waals surface area contributed by atoms with E-state index in [1.165, 1.54) is 11.3 Å². The van der Waals surface area contributed by atoms with E-state index in [9.17, 15) is 14.7 Å². The molecule has 2 N–H and O–H groups in total. The van der Waals surface area contributed by atoms with Crippen molar-refractivity contribution in [2.24, 2.45) is 0 Å². The molecule has 0 spiro atoms. The van der Waals surface area contributed by atoms with E-state index in [-0.39, 0.29) is 11.6 Å². The molecule has 1 aromatic heterocycles. The molecule has 2 aromatic carbocycles. The van der Waals surface area contributed by atoms with Crippen LogP contribution in [0.3, 0.4) is 0 Å². The Balaban J connectivity index is 1.84. The molecule has 0 radical (unpaired) electrons. The molecule has 2 amide bonds. The highest BCUT2D eigenvalue weighted by Gasteiger charge is 2.22. The average Bonchev–Trinajstić information content (AvgIpc) is 3.11. The number of hydrogen-bond acceptors (Lipinski definition) is 3. The van der Waals surface area contributed by atoms with Gasteiger partial charge in [-0.2, -0.15) is 0 Å². The fourth-order valence-corrected chi connectivity index (χ4v) is 3.89. The van der Waals surface area contributed by atoms with Crippen molar-refractivity contribution in [2.45, 2.75) is 13.5 Å². The molecule has 1 heterocycles. The molecule has 144 valence electrons. The summed E-state index contributed by atoms with van der Waals surface area (Å²) in [4.78, 5) is 26.2. The van der Waals surface area contributed by atoms with Gasteiger partial charge in [0.1, 0.15) is 10.6 Å². The summed E-state index contributed by atoms with van der Waals surface area (Å²) < 4.78 is 0. The van der Waals surface area contributed by atoms with Crippen LogP contribution in [0, 0.1) is 0 Å². The summed E-state index contributed by atoms with van der Waals surface area (Å²) in [6.45, 7) is 2.83. The molecular weight excluding hydrogens is 396 g/mol. The number of urea groups is 1. The van der Waals surface area contributed by atoms with E-state index in [0.29, 0.717) is 28.7 Å². The second-order valence-electron chi connectivity index (χ2n) is 6.10. The van der Waals surface area contributed by atoms with E-state index in [2.05, 4.69) is 5.32 Å². The third-order valence-electron chi connectivity index (χ3n) is 4.27. The highest BCUT2D eigenvalue weighted by atomic mass is 35.5. The predicted molar refractivity (Wildman–Crippen MR) is 113 cm³/mol. The van der Waals surface area contributed by atoms with Gasteiger partial charge < -0.3 is 10.0 Å². The first-order chi connectivity index (χ1) is 13.5. The van der Waals surface area contributed by atoms with Gasteiger partial charge in [-0.3, -0.25) is 5.32 Å². The van der Waals surface area contributed by atoms with Crippen molar-refractivity contribution in [2.75, 3.05) is 11.9 Å². The van der Waals surface area contributed by atoms with Gasteiger partial charge in [0.15, 0.2) is 0 Å². The number of thiophene rings is 1. The van der Waals surface area contributed by atoms with Crippen LogP contribution in [0.15, 0.2) is 60.0 Å². The number of carbonyl (C=O) groups is 2. The number of rotatable bonds is 6. The van der Waals surface area contributed by atoms with Crippen molar-refractivity contribution in [1.82, 2.24) is 4.90 Å².